The molecule has 4 heteroatoms. The molecule has 0 aliphatic rings. The van der Waals surface area contributed by atoms with Crippen LogP contribution in [0.3, 0.4) is 0 Å². The number of alkyl halides is 1. The molecule has 1 aromatic carbocycles. The van der Waals surface area contributed by atoms with Crippen molar-refractivity contribution >= 4 is 33.3 Å². The van der Waals surface area contributed by atoms with Crippen LogP contribution in [0, 0.1) is 0 Å². The molecule has 0 fully saturated rings. The summed E-state index contributed by atoms with van der Waals surface area (Å²) in [7, 11) is 0. The Balaban J connectivity index is 3.07. The van der Waals surface area contributed by atoms with E-state index < -0.39 is 0 Å². The molecule has 0 aliphatic carbocycles. The number of rotatable bonds is 4. The Morgan fingerprint density at radius 3 is 2.79 bits per heavy atom. The van der Waals surface area contributed by atoms with Gasteiger partial charge in [-0.2, -0.15) is 0 Å². The van der Waals surface area contributed by atoms with E-state index in [4.69, 9.17) is 16.7 Å². The third kappa shape index (κ3) is 2.56. The van der Waals surface area contributed by atoms with Crippen LogP contribution in [0.2, 0.25) is 5.02 Å². The molecule has 0 unspecified atom stereocenters. The number of Topliss-reactive ketones (excluding diaryl/α,β-unsaturated/α-hetero) is 1. The number of hydrogen-bond acceptors (Lipinski definition) is 2. The number of hydrogen-bond donors (Lipinski definition) is 1. The summed E-state index contributed by atoms with van der Waals surface area (Å²) in [6.45, 7) is -0.205. The Morgan fingerprint density at radius 2 is 2.21 bits per heavy atom. The predicted octanol–water partition coefficient (Wildman–Crippen LogP) is 2.80. The van der Waals surface area contributed by atoms with Gasteiger partial charge in [0, 0.05) is 27.9 Å². The highest BCUT2D eigenvalue weighted by molar-refractivity contribution is 9.09. The first-order valence-electron chi connectivity index (χ1n) is 4.18. The third-order valence-electron chi connectivity index (χ3n) is 1.90. The first-order chi connectivity index (χ1) is 6.70. The Morgan fingerprint density at radius 1 is 1.50 bits per heavy atom. The molecule has 0 amide bonds. The van der Waals surface area contributed by atoms with Gasteiger partial charge in [0.2, 0.25) is 0 Å². The zero-order valence-electron chi connectivity index (χ0n) is 7.46. The van der Waals surface area contributed by atoms with Gasteiger partial charge in [0.15, 0.2) is 5.78 Å². The first-order valence-corrected chi connectivity index (χ1v) is 5.68. The van der Waals surface area contributed by atoms with Crippen LogP contribution < -0.4 is 0 Å². The lowest BCUT2D eigenvalue weighted by molar-refractivity contribution is 0.0987. The van der Waals surface area contributed by atoms with Crippen molar-refractivity contribution in [2.75, 3.05) is 5.33 Å². The molecular weight excluding hydrogens is 267 g/mol. The van der Waals surface area contributed by atoms with Crippen LogP contribution in [0.1, 0.15) is 22.3 Å². The lowest BCUT2D eigenvalue weighted by Gasteiger charge is -2.06. The van der Waals surface area contributed by atoms with E-state index in [1.165, 1.54) is 0 Å². The van der Waals surface area contributed by atoms with Crippen LogP contribution in [0.4, 0.5) is 0 Å². The van der Waals surface area contributed by atoms with Crippen molar-refractivity contribution in [1.29, 1.82) is 0 Å². The molecule has 14 heavy (non-hydrogen) atoms. The molecule has 2 nitrogen and oxygen atoms in total. The Kier molecular flexibility index (Phi) is 4.58. The average Bonchev–Trinajstić information content (AvgIpc) is 2.17. The van der Waals surface area contributed by atoms with E-state index in [1.54, 1.807) is 18.2 Å². The normalized spacial score (nSPS) is 10.2. The summed E-state index contributed by atoms with van der Waals surface area (Å²) in [6.07, 6.45) is 0.410. The van der Waals surface area contributed by atoms with Crippen molar-refractivity contribution in [2.45, 2.75) is 13.0 Å². The summed E-state index contributed by atoms with van der Waals surface area (Å²) in [5.74, 6) is -0.00609. The van der Waals surface area contributed by atoms with E-state index in [-0.39, 0.29) is 12.4 Å². The number of carbonyl (C=O) groups excluding carboxylic acids is 1. The molecule has 0 radical (unpaired) electrons. The number of aliphatic hydroxyl groups excluding tert-OH is 1. The largest absolute Gasteiger partial charge is 0.392 e. The second-order valence-electron chi connectivity index (χ2n) is 2.79. The Labute approximate surface area is 96.0 Å². The molecule has 0 atom stereocenters. The zero-order valence-corrected chi connectivity index (χ0v) is 9.81. The van der Waals surface area contributed by atoms with Crippen LogP contribution in [0.25, 0.3) is 0 Å². The third-order valence-corrected chi connectivity index (χ3v) is 2.65. The molecule has 1 aromatic rings. The SMILES string of the molecule is O=C(CCBr)c1cccc(Cl)c1CO. The van der Waals surface area contributed by atoms with E-state index in [9.17, 15) is 4.79 Å². The van der Waals surface area contributed by atoms with Gasteiger partial charge in [-0.25, -0.2) is 0 Å². The van der Waals surface area contributed by atoms with Gasteiger partial charge < -0.3 is 5.11 Å². The molecule has 0 aromatic heterocycles. The average molecular weight is 278 g/mol. The van der Waals surface area contributed by atoms with Crippen LogP contribution >= 0.6 is 27.5 Å². The van der Waals surface area contributed by atoms with E-state index >= 15 is 0 Å². The van der Waals surface area contributed by atoms with E-state index in [0.29, 0.717) is 27.9 Å². The van der Waals surface area contributed by atoms with Gasteiger partial charge in [-0.15, -0.1) is 0 Å². The van der Waals surface area contributed by atoms with Crippen molar-refractivity contribution in [2.24, 2.45) is 0 Å². The van der Waals surface area contributed by atoms with E-state index in [2.05, 4.69) is 15.9 Å². The monoisotopic (exact) mass is 276 g/mol. The van der Waals surface area contributed by atoms with Gasteiger partial charge in [-0.05, 0) is 6.07 Å². The minimum absolute atomic E-state index is 0.00609. The predicted molar refractivity (Wildman–Crippen MR) is 60.1 cm³/mol. The molecule has 0 spiro atoms. The maximum Gasteiger partial charge on any atom is 0.164 e. The summed E-state index contributed by atoms with van der Waals surface area (Å²) in [4.78, 5) is 11.6. The summed E-state index contributed by atoms with van der Waals surface area (Å²) in [5.41, 5.74) is 1.03. The fourth-order valence-electron chi connectivity index (χ4n) is 1.20. The van der Waals surface area contributed by atoms with Crippen molar-refractivity contribution in [3.05, 3.63) is 34.3 Å². The molecular formula is C10H10BrClO2. The molecule has 0 bridgehead atoms. The first kappa shape index (κ1) is 11.7. The van der Waals surface area contributed by atoms with Gasteiger partial charge in [0.25, 0.3) is 0 Å². The molecule has 0 aliphatic heterocycles. The standard InChI is InChI=1S/C10H10BrClO2/c11-5-4-10(14)7-2-1-3-9(12)8(7)6-13/h1-3,13H,4-6H2. The minimum Gasteiger partial charge on any atom is -0.392 e. The fourth-order valence-corrected chi connectivity index (χ4v) is 1.80. The number of carbonyl (C=O) groups is 1. The lowest BCUT2D eigenvalue weighted by atomic mass is 10.0. The molecule has 0 saturated carbocycles. The van der Waals surface area contributed by atoms with Crippen molar-refractivity contribution < 1.29 is 9.90 Å². The summed E-state index contributed by atoms with van der Waals surface area (Å²) < 4.78 is 0. The van der Waals surface area contributed by atoms with Gasteiger partial charge in [-0.3, -0.25) is 4.79 Å². The fraction of sp³-hybridized carbons (Fsp3) is 0.300. The van der Waals surface area contributed by atoms with Gasteiger partial charge in [-0.1, -0.05) is 39.7 Å². The smallest absolute Gasteiger partial charge is 0.164 e. The number of benzene rings is 1. The minimum atomic E-state index is -0.205. The summed E-state index contributed by atoms with van der Waals surface area (Å²) in [5, 5.41) is 10.1. The van der Waals surface area contributed by atoms with Crippen LogP contribution in [0.5, 0.6) is 0 Å². The second-order valence-corrected chi connectivity index (χ2v) is 3.99. The van der Waals surface area contributed by atoms with Gasteiger partial charge in [0.05, 0.1) is 6.61 Å². The maximum atomic E-state index is 11.6. The molecule has 0 saturated heterocycles. The van der Waals surface area contributed by atoms with Crippen LogP contribution in [-0.2, 0) is 6.61 Å². The second kappa shape index (κ2) is 5.49. The molecule has 1 rings (SSSR count). The molecule has 1 N–H and O–H groups in total. The molecule has 76 valence electrons. The zero-order chi connectivity index (χ0) is 10.6. The quantitative estimate of drug-likeness (QED) is 0.679. The topological polar surface area (TPSA) is 37.3 Å². The van der Waals surface area contributed by atoms with E-state index in [1.807, 2.05) is 0 Å². The van der Waals surface area contributed by atoms with Crippen LogP contribution in [0.15, 0.2) is 18.2 Å². The summed E-state index contributed by atoms with van der Waals surface area (Å²) in [6, 6.07) is 5.06. The van der Waals surface area contributed by atoms with Crippen molar-refractivity contribution in [3.63, 3.8) is 0 Å². The maximum absolute atomic E-state index is 11.6. The Bertz CT molecular complexity index is 339. The number of ketones is 1. The number of halogens is 2. The lowest BCUT2D eigenvalue weighted by Crippen LogP contribution is -2.04. The number of aliphatic hydroxyl groups is 1. The highest BCUT2D eigenvalue weighted by Gasteiger charge is 2.12. The highest BCUT2D eigenvalue weighted by atomic mass is 79.9. The van der Waals surface area contributed by atoms with Crippen molar-refractivity contribution in [3.8, 4) is 0 Å². The highest BCUT2D eigenvalue weighted by Crippen LogP contribution is 2.21. The van der Waals surface area contributed by atoms with Crippen molar-refractivity contribution in [1.82, 2.24) is 0 Å². The molecule has 0 heterocycles. The van der Waals surface area contributed by atoms with Gasteiger partial charge >= 0.3 is 0 Å². The Hall–Kier alpha value is -0.380. The van der Waals surface area contributed by atoms with Gasteiger partial charge in [0.1, 0.15) is 0 Å². The van der Waals surface area contributed by atoms with Crippen LogP contribution in [-0.4, -0.2) is 16.2 Å². The van der Waals surface area contributed by atoms with E-state index in [0.717, 1.165) is 0 Å². The summed E-state index contributed by atoms with van der Waals surface area (Å²) >= 11 is 9.05.